The Balaban J connectivity index is 3.81. The predicted octanol–water partition coefficient (Wildman–Crippen LogP) is 12.1. The highest BCUT2D eigenvalue weighted by Crippen LogP contribution is 2.21. The number of hydrogen-bond acceptors (Lipinski definition) is 2. The molecule has 0 saturated carbocycles. The van der Waals surface area contributed by atoms with Crippen molar-refractivity contribution in [1.29, 1.82) is 0 Å². The minimum Gasteiger partial charge on any atom is -0.465 e. The zero-order valence-electron chi connectivity index (χ0n) is 25.4. The van der Waals surface area contributed by atoms with Gasteiger partial charge in [0.15, 0.2) is 0 Å². The van der Waals surface area contributed by atoms with E-state index in [2.05, 4.69) is 20.8 Å². The molecule has 0 radical (unpaired) electrons. The number of carbonyl (C=O) groups is 1. The molecule has 216 valence electrons. The second kappa shape index (κ2) is 30.7. The minimum absolute atomic E-state index is 0.101. The van der Waals surface area contributed by atoms with E-state index in [0.29, 0.717) is 6.61 Å². The van der Waals surface area contributed by atoms with Gasteiger partial charge in [0.2, 0.25) is 0 Å². The van der Waals surface area contributed by atoms with Gasteiger partial charge >= 0.3 is 5.97 Å². The van der Waals surface area contributed by atoms with Crippen LogP contribution in [0.2, 0.25) is 0 Å². The third-order valence-electron chi connectivity index (χ3n) is 7.89. The van der Waals surface area contributed by atoms with Crippen molar-refractivity contribution in [3.05, 3.63) is 0 Å². The van der Waals surface area contributed by atoms with Crippen LogP contribution >= 0.6 is 0 Å². The summed E-state index contributed by atoms with van der Waals surface area (Å²) in [6, 6.07) is 0. The maximum absolute atomic E-state index is 12.8. The van der Waals surface area contributed by atoms with Crippen molar-refractivity contribution in [3.63, 3.8) is 0 Å². The van der Waals surface area contributed by atoms with Gasteiger partial charge in [0.1, 0.15) is 0 Å². The number of ether oxygens (including phenoxy) is 1. The quantitative estimate of drug-likeness (QED) is 0.0712. The van der Waals surface area contributed by atoms with Crippen LogP contribution in [0.15, 0.2) is 0 Å². The first kappa shape index (κ1) is 35.5. The van der Waals surface area contributed by atoms with Crippen LogP contribution in [0.1, 0.15) is 201 Å². The molecule has 0 heterocycles. The summed E-state index contributed by atoms with van der Waals surface area (Å²) in [4.78, 5) is 12.8. The molecule has 0 aliphatic rings. The van der Waals surface area contributed by atoms with Crippen LogP contribution in [0, 0.1) is 5.92 Å². The Bertz CT molecular complexity index is 419. The summed E-state index contributed by atoms with van der Waals surface area (Å²) in [7, 11) is 0. The molecule has 0 rings (SSSR count). The lowest BCUT2D eigenvalue weighted by Crippen LogP contribution is -2.18. The first-order valence-electron chi connectivity index (χ1n) is 16.9. The zero-order valence-corrected chi connectivity index (χ0v) is 25.4. The third-order valence-corrected chi connectivity index (χ3v) is 7.89. The summed E-state index contributed by atoms with van der Waals surface area (Å²) >= 11 is 0. The van der Waals surface area contributed by atoms with E-state index in [1.807, 2.05) is 0 Å². The fraction of sp³-hybridized carbons (Fsp3) is 0.971. The Morgan fingerprint density at radius 2 is 0.694 bits per heavy atom. The van der Waals surface area contributed by atoms with Gasteiger partial charge in [-0.1, -0.05) is 181 Å². The summed E-state index contributed by atoms with van der Waals surface area (Å²) in [6.07, 6.45) is 36.8. The minimum atomic E-state index is 0.101. The highest BCUT2D eigenvalue weighted by molar-refractivity contribution is 5.72. The highest BCUT2D eigenvalue weighted by Gasteiger charge is 2.19. The molecule has 1 unspecified atom stereocenters. The summed E-state index contributed by atoms with van der Waals surface area (Å²) < 4.78 is 5.74. The van der Waals surface area contributed by atoms with Crippen molar-refractivity contribution in [2.24, 2.45) is 5.92 Å². The molecule has 2 heteroatoms. The van der Waals surface area contributed by atoms with Crippen molar-refractivity contribution in [1.82, 2.24) is 0 Å². The number of esters is 1. The van der Waals surface area contributed by atoms with E-state index in [-0.39, 0.29) is 11.9 Å². The van der Waals surface area contributed by atoms with E-state index in [9.17, 15) is 4.79 Å². The molecule has 0 aromatic heterocycles. The van der Waals surface area contributed by atoms with Gasteiger partial charge < -0.3 is 4.74 Å². The SMILES string of the molecule is CCCCCCCCCCCCCCCCC(CCCCCC)C(=O)OCCCCCCCCCC. The van der Waals surface area contributed by atoms with E-state index < -0.39 is 0 Å². The molecule has 0 aromatic carbocycles. The molecule has 0 fully saturated rings. The van der Waals surface area contributed by atoms with E-state index in [1.165, 1.54) is 161 Å². The second-order valence-electron chi connectivity index (χ2n) is 11.6. The molecule has 0 aliphatic heterocycles. The molecule has 2 nitrogen and oxygen atoms in total. The number of hydrogen-bond donors (Lipinski definition) is 0. The Kier molecular flexibility index (Phi) is 30.2. The van der Waals surface area contributed by atoms with Gasteiger partial charge in [-0.05, 0) is 19.3 Å². The molecule has 0 amide bonds. The molecule has 0 aliphatic carbocycles. The van der Waals surface area contributed by atoms with E-state index in [0.717, 1.165) is 19.3 Å². The van der Waals surface area contributed by atoms with Crippen LogP contribution in [-0.2, 0) is 9.53 Å². The van der Waals surface area contributed by atoms with Crippen molar-refractivity contribution in [2.45, 2.75) is 201 Å². The van der Waals surface area contributed by atoms with Crippen LogP contribution in [0.25, 0.3) is 0 Å². The lowest BCUT2D eigenvalue weighted by atomic mass is 9.94. The molecule has 0 spiro atoms. The Morgan fingerprint density at radius 1 is 0.417 bits per heavy atom. The van der Waals surface area contributed by atoms with Crippen molar-refractivity contribution in [3.8, 4) is 0 Å². The molecule has 0 bridgehead atoms. The lowest BCUT2D eigenvalue weighted by molar-refractivity contribution is -0.149. The van der Waals surface area contributed by atoms with Crippen LogP contribution in [0.5, 0.6) is 0 Å². The van der Waals surface area contributed by atoms with Gasteiger partial charge in [0, 0.05) is 0 Å². The standard InChI is InChI=1S/C34H68O2/c1-4-7-10-13-15-17-18-19-20-21-22-23-25-28-31-33(30-27-12-9-6-3)34(35)36-32-29-26-24-16-14-11-8-5-2/h33H,4-32H2,1-3H3. The van der Waals surface area contributed by atoms with Crippen molar-refractivity contribution < 1.29 is 9.53 Å². The van der Waals surface area contributed by atoms with Crippen LogP contribution in [0.3, 0.4) is 0 Å². The van der Waals surface area contributed by atoms with Gasteiger partial charge in [-0.15, -0.1) is 0 Å². The normalized spacial score (nSPS) is 12.2. The van der Waals surface area contributed by atoms with Crippen LogP contribution in [-0.4, -0.2) is 12.6 Å². The molecule has 0 aromatic rings. The maximum atomic E-state index is 12.8. The third kappa shape index (κ3) is 26.5. The molecular formula is C34H68O2. The van der Waals surface area contributed by atoms with Crippen LogP contribution < -0.4 is 0 Å². The van der Waals surface area contributed by atoms with Gasteiger partial charge in [-0.25, -0.2) is 0 Å². The Morgan fingerprint density at radius 3 is 1.06 bits per heavy atom. The highest BCUT2D eigenvalue weighted by atomic mass is 16.5. The summed E-state index contributed by atoms with van der Waals surface area (Å²) in [5, 5.41) is 0. The summed E-state index contributed by atoms with van der Waals surface area (Å²) in [6.45, 7) is 7.45. The summed E-state index contributed by atoms with van der Waals surface area (Å²) in [5.74, 6) is 0.248. The van der Waals surface area contributed by atoms with Gasteiger partial charge in [0.25, 0.3) is 0 Å². The lowest BCUT2D eigenvalue weighted by Gasteiger charge is -2.16. The van der Waals surface area contributed by atoms with Crippen molar-refractivity contribution in [2.75, 3.05) is 6.61 Å². The fourth-order valence-electron chi connectivity index (χ4n) is 5.31. The average Bonchev–Trinajstić information content (AvgIpc) is 2.89. The number of carbonyl (C=O) groups excluding carboxylic acids is 1. The number of unbranched alkanes of at least 4 members (excludes halogenated alkanes) is 23. The van der Waals surface area contributed by atoms with Gasteiger partial charge in [-0.3, -0.25) is 4.79 Å². The van der Waals surface area contributed by atoms with E-state index in [4.69, 9.17) is 4.74 Å². The maximum Gasteiger partial charge on any atom is 0.308 e. The van der Waals surface area contributed by atoms with Crippen LogP contribution in [0.4, 0.5) is 0 Å². The first-order valence-corrected chi connectivity index (χ1v) is 16.9. The van der Waals surface area contributed by atoms with Gasteiger partial charge in [-0.2, -0.15) is 0 Å². The topological polar surface area (TPSA) is 26.3 Å². The van der Waals surface area contributed by atoms with Gasteiger partial charge in [0.05, 0.1) is 12.5 Å². The number of rotatable bonds is 30. The average molecular weight is 509 g/mol. The Hall–Kier alpha value is -0.530. The predicted molar refractivity (Wildman–Crippen MR) is 161 cm³/mol. The Labute approximate surface area is 228 Å². The first-order chi connectivity index (χ1) is 17.8. The van der Waals surface area contributed by atoms with E-state index in [1.54, 1.807) is 0 Å². The monoisotopic (exact) mass is 509 g/mol. The molecule has 36 heavy (non-hydrogen) atoms. The fourth-order valence-corrected chi connectivity index (χ4v) is 5.31. The molecular weight excluding hydrogens is 440 g/mol. The van der Waals surface area contributed by atoms with E-state index >= 15 is 0 Å². The largest absolute Gasteiger partial charge is 0.465 e. The second-order valence-corrected chi connectivity index (χ2v) is 11.6. The zero-order chi connectivity index (χ0) is 26.4. The smallest absolute Gasteiger partial charge is 0.308 e. The molecule has 1 atom stereocenters. The van der Waals surface area contributed by atoms with Crippen molar-refractivity contribution >= 4 is 5.97 Å². The molecule has 0 saturated heterocycles. The summed E-state index contributed by atoms with van der Waals surface area (Å²) in [5.41, 5.74) is 0. The molecule has 0 N–H and O–H groups in total.